The average molecular weight is 331 g/mol. The van der Waals surface area contributed by atoms with Gasteiger partial charge in [-0.2, -0.15) is 0 Å². The van der Waals surface area contributed by atoms with Crippen LogP contribution < -0.4 is 10.5 Å². The van der Waals surface area contributed by atoms with E-state index in [4.69, 9.17) is 45.3 Å². The number of hydrogen-bond acceptors (Lipinski definition) is 2. The first-order valence-corrected chi connectivity index (χ1v) is 7.23. The molecule has 2 rings (SSSR count). The fourth-order valence-corrected chi connectivity index (χ4v) is 2.35. The minimum absolute atomic E-state index is 0.0658. The topological polar surface area (TPSA) is 35.2 Å². The largest absolute Gasteiger partial charge is 0.487 e. The van der Waals surface area contributed by atoms with E-state index in [0.717, 1.165) is 11.1 Å². The standard InChI is InChI=1S/C15H14Cl3NO/c1-9(19)10-5-6-14(13(17)7-10)20-8-11-3-2-4-12(16)15(11)18/h2-7,9H,8,19H2,1H3/t9-/m1/s1. The fraction of sp³-hybridized carbons (Fsp3) is 0.200. The zero-order chi connectivity index (χ0) is 14.7. The molecule has 20 heavy (non-hydrogen) atoms. The van der Waals surface area contributed by atoms with Gasteiger partial charge in [-0.1, -0.05) is 53.0 Å². The Morgan fingerprint density at radius 3 is 2.50 bits per heavy atom. The predicted molar refractivity (Wildman–Crippen MR) is 84.8 cm³/mol. The van der Waals surface area contributed by atoms with Crippen LogP contribution in [-0.4, -0.2) is 0 Å². The fourth-order valence-electron chi connectivity index (χ4n) is 1.73. The van der Waals surface area contributed by atoms with Gasteiger partial charge in [-0.05, 0) is 30.7 Å². The van der Waals surface area contributed by atoms with E-state index in [0.29, 0.717) is 27.4 Å². The number of nitrogens with two attached hydrogens (primary N) is 1. The number of halogens is 3. The molecule has 2 aromatic rings. The number of benzene rings is 2. The summed E-state index contributed by atoms with van der Waals surface area (Å²) in [5.74, 6) is 0.590. The maximum Gasteiger partial charge on any atom is 0.138 e. The van der Waals surface area contributed by atoms with Crippen molar-refractivity contribution in [2.24, 2.45) is 5.73 Å². The minimum Gasteiger partial charge on any atom is -0.487 e. The molecular weight excluding hydrogens is 317 g/mol. The second-order valence-corrected chi connectivity index (χ2v) is 5.67. The average Bonchev–Trinajstić information content (AvgIpc) is 2.41. The van der Waals surface area contributed by atoms with Gasteiger partial charge in [0, 0.05) is 11.6 Å². The monoisotopic (exact) mass is 329 g/mol. The number of rotatable bonds is 4. The van der Waals surface area contributed by atoms with Crippen molar-refractivity contribution < 1.29 is 4.74 Å². The maximum absolute atomic E-state index is 6.17. The SMILES string of the molecule is C[C@@H](N)c1ccc(OCc2cccc(Cl)c2Cl)c(Cl)c1. The molecule has 0 aliphatic rings. The third-order valence-corrected chi connectivity index (χ3v) is 4.05. The summed E-state index contributed by atoms with van der Waals surface area (Å²) in [5, 5.41) is 1.53. The summed E-state index contributed by atoms with van der Waals surface area (Å²) in [6.45, 7) is 2.20. The van der Waals surface area contributed by atoms with Crippen molar-refractivity contribution in [1.82, 2.24) is 0 Å². The molecule has 0 heterocycles. The Balaban J connectivity index is 2.13. The Morgan fingerprint density at radius 2 is 1.85 bits per heavy atom. The molecule has 0 bridgehead atoms. The van der Waals surface area contributed by atoms with Gasteiger partial charge in [-0.25, -0.2) is 0 Å². The Labute approximate surface area is 133 Å². The molecule has 0 saturated heterocycles. The molecule has 106 valence electrons. The van der Waals surface area contributed by atoms with Crippen LogP contribution in [0.25, 0.3) is 0 Å². The summed E-state index contributed by atoms with van der Waals surface area (Å²) < 4.78 is 5.68. The summed E-state index contributed by atoms with van der Waals surface area (Å²) in [4.78, 5) is 0. The second kappa shape index (κ2) is 6.68. The van der Waals surface area contributed by atoms with Gasteiger partial charge in [-0.15, -0.1) is 0 Å². The maximum atomic E-state index is 6.17. The van der Waals surface area contributed by atoms with Crippen molar-refractivity contribution in [2.75, 3.05) is 0 Å². The highest BCUT2D eigenvalue weighted by Crippen LogP contribution is 2.30. The molecule has 0 aromatic heterocycles. The molecule has 0 aliphatic carbocycles. The van der Waals surface area contributed by atoms with Crippen LogP contribution in [-0.2, 0) is 6.61 Å². The molecule has 0 spiro atoms. The number of ether oxygens (including phenoxy) is 1. The van der Waals surface area contributed by atoms with Crippen molar-refractivity contribution >= 4 is 34.8 Å². The molecule has 5 heteroatoms. The van der Waals surface area contributed by atoms with Gasteiger partial charge < -0.3 is 10.5 Å². The van der Waals surface area contributed by atoms with Gasteiger partial charge in [0.2, 0.25) is 0 Å². The molecule has 2 N–H and O–H groups in total. The smallest absolute Gasteiger partial charge is 0.138 e. The predicted octanol–water partition coefficient (Wildman–Crippen LogP) is 5.25. The molecule has 0 unspecified atom stereocenters. The first-order chi connectivity index (χ1) is 9.49. The van der Waals surface area contributed by atoms with Crippen molar-refractivity contribution in [3.05, 3.63) is 62.6 Å². The van der Waals surface area contributed by atoms with E-state index in [2.05, 4.69) is 0 Å². The van der Waals surface area contributed by atoms with Crippen LogP contribution >= 0.6 is 34.8 Å². The molecule has 0 saturated carbocycles. The van der Waals surface area contributed by atoms with Crippen molar-refractivity contribution in [3.8, 4) is 5.75 Å². The molecule has 2 aromatic carbocycles. The third-order valence-electron chi connectivity index (χ3n) is 2.90. The Kier molecular flexibility index (Phi) is 5.17. The van der Waals surface area contributed by atoms with Crippen LogP contribution in [0.1, 0.15) is 24.1 Å². The highest BCUT2D eigenvalue weighted by molar-refractivity contribution is 6.42. The van der Waals surface area contributed by atoms with Crippen LogP contribution in [0.5, 0.6) is 5.75 Å². The van der Waals surface area contributed by atoms with Crippen LogP contribution in [0.3, 0.4) is 0 Å². The number of hydrogen-bond donors (Lipinski definition) is 1. The van der Waals surface area contributed by atoms with Crippen LogP contribution in [0, 0.1) is 0 Å². The van der Waals surface area contributed by atoms with E-state index < -0.39 is 0 Å². The Hall–Kier alpha value is -0.930. The van der Waals surface area contributed by atoms with Gasteiger partial charge in [0.25, 0.3) is 0 Å². The Bertz CT molecular complexity index is 614. The lowest BCUT2D eigenvalue weighted by molar-refractivity contribution is 0.306. The van der Waals surface area contributed by atoms with E-state index in [1.807, 2.05) is 25.1 Å². The van der Waals surface area contributed by atoms with Crippen molar-refractivity contribution in [3.63, 3.8) is 0 Å². The Morgan fingerprint density at radius 1 is 1.10 bits per heavy atom. The van der Waals surface area contributed by atoms with Gasteiger partial charge in [0.1, 0.15) is 12.4 Å². The van der Waals surface area contributed by atoms with E-state index in [-0.39, 0.29) is 6.04 Å². The lowest BCUT2D eigenvalue weighted by Crippen LogP contribution is -2.05. The van der Waals surface area contributed by atoms with E-state index in [1.54, 1.807) is 18.2 Å². The summed E-state index contributed by atoms with van der Waals surface area (Å²) >= 11 is 18.2. The van der Waals surface area contributed by atoms with Gasteiger partial charge in [-0.3, -0.25) is 0 Å². The van der Waals surface area contributed by atoms with Gasteiger partial charge in [0.15, 0.2) is 0 Å². The van der Waals surface area contributed by atoms with E-state index in [9.17, 15) is 0 Å². The van der Waals surface area contributed by atoms with E-state index >= 15 is 0 Å². The lowest BCUT2D eigenvalue weighted by atomic mass is 10.1. The first kappa shape index (κ1) is 15.5. The normalized spacial score (nSPS) is 12.2. The quantitative estimate of drug-likeness (QED) is 0.831. The zero-order valence-corrected chi connectivity index (χ0v) is 13.1. The summed E-state index contributed by atoms with van der Waals surface area (Å²) in [7, 11) is 0. The van der Waals surface area contributed by atoms with Crippen molar-refractivity contribution in [2.45, 2.75) is 19.6 Å². The highest BCUT2D eigenvalue weighted by atomic mass is 35.5. The molecule has 0 fully saturated rings. The van der Waals surface area contributed by atoms with Crippen LogP contribution in [0.15, 0.2) is 36.4 Å². The summed E-state index contributed by atoms with van der Waals surface area (Å²) in [5.41, 5.74) is 7.58. The molecular formula is C15H14Cl3NO. The first-order valence-electron chi connectivity index (χ1n) is 6.09. The third kappa shape index (κ3) is 3.58. The lowest BCUT2D eigenvalue weighted by Gasteiger charge is -2.12. The van der Waals surface area contributed by atoms with Gasteiger partial charge in [0.05, 0.1) is 15.1 Å². The molecule has 1 atom stereocenters. The van der Waals surface area contributed by atoms with Crippen LogP contribution in [0.2, 0.25) is 15.1 Å². The molecule has 0 amide bonds. The van der Waals surface area contributed by atoms with E-state index in [1.165, 1.54) is 0 Å². The molecule has 0 radical (unpaired) electrons. The summed E-state index contributed by atoms with van der Waals surface area (Å²) in [6, 6.07) is 10.9. The van der Waals surface area contributed by atoms with Crippen LogP contribution in [0.4, 0.5) is 0 Å². The molecule has 0 aliphatic heterocycles. The molecule has 2 nitrogen and oxygen atoms in total. The minimum atomic E-state index is -0.0658. The zero-order valence-electron chi connectivity index (χ0n) is 10.9. The van der Waals surface area contributed by atoms with Crippen molar-refractivity contribution in [1.29, 1.82) is 0 Å². The highest BCUT2D eigenvalue weighted by Gasteiger charge is 2.08. The second-order valence-electron chi connectivity index (χ2n) is 4.48. The van der Waals surface area contributed by atoms with Gasteiger partial charge >= 0.3 is 0 Å². The summed E-state index contributed by atoms with van der Waals surface area (Å²) in [6.07, 6.45) is 0.